The van der Waals surface area contributed by atoms with E-state index in [1.807, 2.05) is 25.1 Å². The summed E-state index contributed by atoms with van der Waals surface area (Å²) >= 11 is 5.10. The van der Waals surface area contributed by atoms with Crippen LogP contribution in [0.2, 0.25) is 0 Å². The third kappa shape index (κ3) is 4.18. The quantitative estimate of drug-likeness (QED) is 0.579. The number of carbonyl (C=O) groups excluding carboxylic acids is 1. The molecule has 6 heteroatoms. The lowest BCUT2D eigenvalue weighted by molar-refractivity contribution is 0.0942. The minimum absolute atomic E-state index is 0.204. The van der Waals surface area contributed by atoms with E-state index >= 15 is 0 Å². The minimum atomic E-state index is -0.204. The van der Waals surface area contributed by atoms with E-state index in [1.165, 1.54) is 0 Å². The highest BCUT2D eigenvalue weighted by Crippen LogP contribution is 2.10. The second-order valence-electron chi connectivity index (χ2n) is 4.74. The Morgan fingerprint density at radius 3 is 2.90 bits per heavy atom. The van der Waals surface area contributed by atoms with E-state index in [2.05, 4.69) is 16.2 Å². The molecule has 0 radical (unpaired) electrons. The molecule has 1 aliphatic heterocycles. The first kappa shape index (κ1) is 14.7. The molecule has 1 aromatic carbocycles. The molecule has 1 heterocycles. The summed E-state index contributed by atoms with van der Waals surface area (Å²) in [7, 11) is 0. The van der Waals surface area contributed by atoms with Crippen LogP contribution in [-0.4, -0.2) is 30.3 Å². The van der Waals surface area contributed by atoms with Crippen molar-refractivity contribution in [1.29, 1.82) is 0 Å². The summed E-state index contributed by atoms with van der Waals surface area (Å²) in [4.78, 5) is 11.9. The smallest absolute Gasteiger partial charge is 0.269 e. The Hall–Kier alpha value is -1.66. The van der Waals surface area contributed by atoms with Gasteiger partial charge in [-0.1, -0.05) is 18.2 Å². The van der Waals surface area contributed by atoms with Crippen LogP contribution < -0.4 is 16.2 Å². The molecule has 0 spiro atoms. The average molecular weight is 293 g/mol. The summed E-state index contributed by atoms with van der Waals surface area (Å²) < 4.78 is 5.48. The molecule has 20 heavy (non-hydrogen) atoms. The van der Waals surface area contributed by atoms with Crippen LogP contribution in [0.25, 0.3) is 0 Å². The summed E-state index contributed by atoms with van der Waals surface area (Å²) in [5, 5.41) is 3.42. The van der Waals surface area contributed by atoms with E-state index in [0.29, 0.717) is 17.2 Å². The molecular weight excluding hydrogens is 274 g/mol. The first-order chi connectivity index (χ1) is 9.66. The van der Waals surface area contributed by atoms with Crippen molar-refractivity contribution in [3.8, 4) is 0 Å². The lowest BCUT2D eigenvalue weighted by Crippen LogP contribution is -2.48. The molecule has 1 aliphatic rings. The van der Waals surface area contributed by atoms with Crippen molar-refractivity contribution < 1.29 is 9.53 Å². The van der Waals surface area contributed by atoms with Gasteiger partial charge in [0.25, 0.3) is 5.91 Å². The van der Waals surface area contributed by atoms with Crippen molar-refractivity contribution in [2.75, 3.05) is 13.2 Å². The topological polar surface area (TPSA) is 62.4 Å². The van der Waals surface area contributed by atoms with Gasteiger partial charge >= 0.3 is 0 Å². The first-order valence-electron chi connectivity index (χ1n) is 6.68. The number of hydrazine groups is 1. The van der Waals surface area contributed by atoms with Crippen molar-refractivity contribution in [2.24, 2.45) is 0 Å². The van der Waals surface area contributed by atoms with Crippen molar-refractivity contribution in [3.63, 3.8) is 0 Å². The molecule has 0 aliphatic carbocycles. The van der Waals surface area contributed by atoms with E-state index in [4.69, 9.17) is 17.0 Å². The molecule has 1 amide bonds. The zero-order chi connectivity index (χ0) is 14.4. The van der Waals surface area contributed by atoms with Crippen molar-refractivity contribution in [1.82, 2.24) is 16.2 Å². The van der Waals surface area contributed by atoms with Crippen LogP contribution in [0.15, 0.2) is 24.3 Å². The summed E-state index contributed by atoms with van der Waals surface area (Å²) in [6.45, 7) is 3.37. The molecule has 1 aromatic rings. The molecule has 1 saturated heterocycles. The standard InChI is InChI=1S/C14H19N3O2S/c1-10-5-2-3-7-12(10)13(18)16-17-14(20)15-9-11-6-4-8-19-11/h2-3,5,7,11H,4,6,8-9H2,1H3,(H,16,18)(H2,15,17,20)/t11-/m1/s1. The van der Waals surface area contributed by atoms with E-state index in [0.717, 1.165) is 25.0 Å². The number of aryl methyl sites for hydroxylation is 1. The van der Waals surface area contributed by atoms with Crippen molar-refractivity contribution in [2.45, 2.75) is 25.9 Å². The maximum atomic E-state index is 11.9. The highest BCUT2D eigenvalue weighted by Gasteiger charge is 2.15. The van der Waals surface area contributed by atoms with Crippen LogP contribution in [-0.2, 0) is 4.74 Å². The second kappa shape index (κ2) is 7.21. The number of thiocarbonyl (C=S) groups is 1. The minimum Gasteiger partial charge on any atom is -0.376 e. The fraction of sp³-hybridized carbons (Fsp3) is 0.429. The molecule has 5 nitrogen and oxygen atoms in total. The van der Waals surface area contributed by atoms with E-state index in [1.54, 1.807) is 6.07 Å². The zero-order valence-corrected chi connectivity index (χ0v) is 12.3. The van der Waals surface area contributed by atoms with Crippen molar-refractivity contribution >= 4 is 23.2 Å². The molecule has 1 atom stereocenters. The van der Waals surface area contributed by atoms with Gasteiger partial charge in [-0.2, -0.15) is 0 Å². The maximum absolute atomic E-state index is 11.9. The van der Waals surface area contributed by atoms with Gasteiger partial charge in [-0.05, 0) is 43.6 Å². The molecule has 0 bridgehead atoms. The Bertz CT molecular complexity index is 487. The van der Waals surface area contributed by atoms with Gasteiger partial charge in [0.2, 0.25) is 0 Å². The average Bonchev–Trinajstić information content (AvgIpc) is 2.96. The normalized spacial score (nSPS) is 17.6. The van der Waals surface area contributed by atoms with Crippen LogP contribution in [0.3, 0.4) is 0 Å². The number of hydrogen-bond donors (Lipinski definition) is 3. The molecule has 0 unspecified atom stereocenters. The number of hydrogen-bond acceptors (Lipinski definition) is 3. The van der Waals surface area contributed by atoms with Gasteiger partial charge in [-0.15, -0.1) is 0 Å². The maximum Gasteiger partial charge on any atom is 0.269 e. The van der Waals surface area contributed by atoms with Gasteiger partial charge in [0.05, 0.1) is 6.10 Å². The summed E-state index contributed by atoms with van der Waals surface area (Å²) in [5.41, 5.74) is 6.83. The molecule has 3 N–H and O–H groups in total. The predicted octanol–water partition coefficient (Wildman–Crippen LogP) is 1.28. The van der Waals surface area contributed by atoms with Gasteiger partial charge < -0.3 is 10.1 Å². The fourth-order valence-corrected chi connectivity index (χ4v) is 2.20. The number of ether oxygens (including phenoxy) is 1. The molecule has 0 saturated carbocycles. The van der Waals surface area contributed by atoms with Crippen LogP contribution in [0, 0.1) is 6.92 Å². The van der Waals surface area contributed by atoms with Gasteiger partial charge in [0.1, 0.15) is 0 Å². The Balaban J connectivity index is 1.72. The van der Waals surface area contributed by atoms with Crippen molar-refractivity contribution in [3.05, 3.63) is 35.4 Å². The largest absolute Gasteiger partial charge is 0.376 e. The lowest BCUT2D eigenvalue weighted by Gasteiger charge is -2.14. The Morgan fingerprint density at radius 1 is 1.40 bits per heavy atom. The van der Waals surface area contributed by atoms with Gasteiger partial charge in [0, 0.05) is 18.7 Å². The Kier molecular flexibility index (Phi) is 5.31. The molecular formula is C14H19N3O2S. The third-order valence-electron chi connectivity index (χ3n) is 3.19. The fourth-order valence-electron chi connectivity index (χ4n) is 2.06. The van der Waals surface area contributed by atoms with Gasteiger partial charge in [-0.3, -0.25) is 15.6 Å². The summed E-state index contributed by atoms with van der Waals surface area (Å²) in [6, 6.07) is 7.39. The molecule has 108 valence electrons. The monoisotopic (exact) mass is 293 g/mol. The van der Waals surface area contributed by atoms with E-state index in [9.17, 15) is 4.79 Å². The molecule has 2 rings (SSSR count). The zero-order valence-electron chi connectivity index (χ0n) is 11.4. The Morgan fingerprint density at radius 2 is 2.20 bits per heavy atom. The van der Waals surface area contributed by atoms with Crippen LogP contribution >= 0.6 is 12.2 Å². The molecule has 0 aromatic heterocycles. The van der Waals surface area contributed by atoms with Crippen LogP contribution in [0.5, 0.6) is 0 Å². The van der Waals surface area contributed by atoms with E-state index < -0.39 is 0 Å². The van der Waals surface area contributed by atoms with Crippen LogP contribution in [0.1, 0.15) is 28.8 Å². The highest BCUT2D eigenvalue weighted by molar-refractivity contribution is 7.80. The van der Waals surface area contributed by atoms with Gasteiger partial charge in [-0.25, -0.2) is 0 Å². The molecule has 1 fully saturated rings. The highest BCUT2D eigenvalue weighted by atomic mass is 32.1. The number of nitrogens with one attached hydrogen (secondary N) is 3. The summed E-state index contributed by atoms with van der Waals surface area (Å²) in [6.07, 6.45) is 2.35. The van der Waals surface area contributed by atoms with Crippen LogP contribution in [0.4, 0.5) is 0 Å². The number of benzene rings is 1. The number of rotatable bonds is 3. The lowest BCUT2D eigenvalue weighted by atomic mass is 10.1. The second-order valence-corrected chi connectivity index (χ2v) is 5.15. The summed E-state index contributed by atoms with van der Waals surface area (Å²) in [5.74, 6) is -0.204. The van der Waals surface area contributed by atoms with Gasteiger partial charge in [0.15, 0.2) is 5.11 Å². The third-order valence-corrected chi connectivity index (χ3v) is 3.44. The predicted molar refractivity (Wildman–Crippen MR) is 81.4 cm³/mol. The number of carbonyl (C=O) groups is 1. The first-order valence-corrected chi connectivity index (χ1v) is 7.09. The Labute approximate surface area is 124 Å². The van der Waals surface area contributed by atoms with E-state index in [-0.39, 0.29) is 12.0 Å². The number of amides is 1. The SMILES string of the molecule is Cc1ccccc1C(=O)NNC(=S)NC[C@H]1CCCO1.